The molecule has 0 unspecified atom stereocenters. The molecule has 0 bridgehead atoms. The molecular weight excluding hydrogens is 370 g/mol. The van der Waals surface area contributed by atoms with Gasteiger partial charge in [-0.2, -0.15) is 0 Å². The molecule has 4 N–H and O–H groups in total. The fourth-order valence-corrected chi connectivity index (χ4v) is 4.31. The van der Waals surface area contributed by atoms with Crippen LogP contribution < -0.4 is 4.90 Å². The van der Waals surface area contributed by atoms with Crippen molar-refractivity contribution in [2.24, 2.45) is 0 Å². The maximum Gasteiger partial charge on any atom is 0.113 e. The number of anilines is 1. The summed E-state index contributed by atoms with van der Waals surface area (Å²) < 4.78 is 5.70. The first-order chi connectivity index (χ1) is 14.0. The topological polar surface area (TPSA) is 93.4 Å². The first kappa shape index (κ1) is 20.3. The number of aliphatic hydroxyl groups is 4. The first-order valence-corrected chi connectivity index (χ1v) is 10.3. The fraction of sp³-hybridized carbons (Fsp3) is 0.478. The van der Waals surface area contributed by atoms with E-state index in [0.29, 0.717) is 0 Å². The normalized spacial score (nSPS) is 29.1. The molecule has 0 saturated carbocycles. The lowest BCUT2D eigenvalue weighted by atomic mass is 9.90. The number of hydrogen-bond donors (Lipinski definition) is 4. The van der Waals surface area contributed by atoms with Gasteiger partial charge in [0.15, 0.2) is 0 Å². The van der Waals surface area contributed by atoms with Gasteiger partial charge in [-0.25, -0.2) is 0 Å². The minimum absolute atomic E-state index is 0.420. The summed E-state index contributed by atoms with van der Waals surface area (Å²) in [6.45, 7) is 3.50. The highest BCUT2D eigenvalue weighted by molar-refractivity contribution is 5.59. The summed E-state index contributed by atoms with van der Waals surface area (Å²) in [5.41, 5.74) is 5.69. The summed E-state index contributed by atoms with van der Waals surface area (Å²) in [5.74, 6) is 0. The second kappa shape index (κ2) is 8.42. The molecule has 6 nitrogen and oxygen atoms in total. The second-order valence-electron chi connectivity index (χ2n) is 7.98. The Kier molecular flexibility index (Phi) is 5.90. The molecule has 0 radical (unpaired) electrons. The number of ether oxygens (including phenoxy) is 1. The van der Waals surface area contributed by atoms with Crippen molar-refractivity contribution in [2.45, 2.75) is 56.8 Å². The summed E-state index contributed by atoms with van der Waals surface area (Å²) in [6, 6.07) is 14.6. The van der Waals surface area contributed by atoms with Crippen LogP contribution in [0.25, 0.3) is 0 Å². The van der Waals surface area contributed by atoms with Gasteiger partial charge in [0.05, 0.1) is 6.61 Å². The Morgan fingerprint density at radius 2 is 1.69 bits per heavy atom. The third-order valence-electron chi connectivity index (χ3n) is 6.12. The number of aryl methyl sites for hydroxylation is 1. The van der Waals surface area contributed by atoms with Gasteiger partial charge >= 0.3 is 0 Å². The lowest BCUT2D eigenvalue weighted by Crippen LogP contribution is -2.55. The summed E-state index contributed by atoms with van der Waals surface area (Å²) in [7, 11) is 0. The molecule has 6 heteroatoms. The minimum atomic E-state index is -1.36. The van der Waals surface area contributed by atoms with Gasteiger partial charge in [-0.3, -0.25) is 0 Å². The molecule has 0 amide bonds. The van der Waals surface area contributed by atoms with E-state index < -0.39 is 37.1 Å². The zero-order valence-electron chi connectivity index (χ0n) is 16.6. The van der Waals surface area contributed by atoms with E-state index in [1.807, 2.05) is 18.2 Å². The average Bonchev–Trinajstić information content (AvgIpc) is 3.15. The maximum absolute atomic E-state index is 10.4. The quantitative estimate of drug-likeness (QED) is 0.606. The van der Waals surface area contributed by atoms with E-state index in [-0.39, 0.29) is 0 Å². The van der Waals surface area contributed by atoms with Crippen molar-refractivity contribution >= 4 is 5.69 Å². The molecule has 2 aromatic carbocycles. The standard InChI is InChI=1S/C23H29NO5/c1-2-14-3-5-15(6-4-14)12-24-10-9-16-11-17(7-8-18(16)24)23-22(28)21(27)20(26)19(13-25)29-23/h3-8,11,19-23,25-28H,2,9-10,12-13H2,1H3/t19-,20-,21+,22-,23+/m1/s1. The molecular formula is C23H29NO5. The van der Waals surface area contributed by atoms with Crippen molar-refractivity contribution in [1.82, 2.24) is 0 Å². The van der Waals surface area contributed by atoms with Crippen molar-refractivity contribution in [2.75, 3.05) is 18.1 Å². The number of nitrogens with zero attached hydrogens (tertiary/aromatic N) is 1. The summed E-state index contributed by atoms with van der Waals surface area (Å²) >= 11 is 0. The predicted molar refractivity (Wildman–Crippen MR) is 110 cm³/mol. The van der Waals surface area contributed by atoms with Crippen LogP contribution in [0.1, 0.15) is 35.3 Å². The zero-order chi connectivity index (χ0) is 20.5. The fourth-order valence-electron chi connectivity index (χ4n) is 4.31. The largest absolute Gasteiger partial charge is 0.394 e. The molecule has 2 aliphatic heterocycles. The molecule has 156 valence electrons. The highest BCUT2D eigenvalue weighted by Gasteiger charge is 2.44. The van der Waals surface area contributed by atoms with E-state index in [1.165, 1.54) is 16.7 Å². The highest BCUT2D eigenvalue weighted by atomic mass is 16.5. The van der Waals surface area contributed by atoms with Gasteiger partial charge in [0.2, 0.25) is 0 Å². The van der Waals surface area contributed by atoms with Crippen LogP contribution in [0, 0.1) is 0 Å². The number of fused-ring (bicyclic) bond motifs is 1. The van der Waals surface area contributed by atoms with Gasteiger partial charge in [0.25, 0.3) is 0 Å². The number of aliphatic hydroxyl groups excluding tert-OH is 4. The Morgan fingerprint density at radius 3 is 2.38 bits per heavy atom. The molecule has 1 saturated heterocycles. The van der Waals surface area contributed by atoms with E-state index in [2.05, 4.69) is 36.1 Å². The monoisotopic (exact) mass is 399 g/mol. The van der Waals surface area contributed by atoms with Crippen molar-refractivity contribution in [3.63, 3.8) is 0 Å². The molecule has 0 aliphatic carbocycles. The average molecular weight is 399 g/mol. The van der Waals surface area contributed by atoms with Crippen molar-refractivity contribution < 1.29 is 25.2 Å². The van der Waals surface area contributed by atoms with Crippen molar-refractivity contribution in [3.05, 3.63) is 64.7 Å². The van der Waals surface area contributed by atoms with Crippen molar-refractivity contribution in [3.8, 4) is 0 Å². The maximum atomic E-state index is 10.4. The number of hydrogen-bond acceptors (Lipinski definition) is 6. The third kappa shape index (κ3) is 3.91. The van der Waals surface area contributed by atoms with E-state index in [1.54, 1.807) is 0 Å². The van der Waals surface area contributed by atoms with Crippen LogP contribution in [0.2, 0.25) is 0 Å². The first-order valence-electron chi connectivity index (χ1n) is 10.3. The van der Waals surface area contributed by atoms with Gasteiger partial charge in [-0.1, -0.05) is 43.3 Å². The van der Waals surface area contributed by atoms with Crippen LogP contribution in [-0.2, 0) is 24.1 Å². The Balaban J connectivity index is 1.52. The van der Waals surface area contributed by atoms with Crippen molar-refractivity contribution in [1.29, 1.82) is 0 Å². The zero-order valence-corrected chi connectivity index (χ0v) is 16.6. The molecule has 29 heavy (non-hydrogen) atoms. The summed E-state index contributed by atoms with van der Waals surface area (Å²) in [6.07, 6.45) is -3.69. The van der Waals surface area contributed by atoms with Gasteiger partial charge in [-0.05, 0) is 41.2 Å². The van der Waals surface area contributed by atoms with Gasteiger partial charge in [-0.15, -0.1) is 0 Å². The SMILES string of the molecule is CCc1ccc(CN2CCc3cc([C@@H]4O[C@H](CO)[C@@H](O)[C@H](O)[C@H]4O)ccc32)cc1. The molecule has 1 fully saturated rings. The molecule has 4 rings (SSSR count). The van der Waals surface area contributed by atoms with Crippen LogP contribution in [0.5, 0.6) is 0 Å². The van der Waals surface area contributed by atoms with Gasteiger partial charge in [0.1, 0.15) is 30.5 Å². The molecule has 2 aromatic rings. The van der Waals surface area contributed by atoms with Gasteiger partial charge in [0, 0.05) is 18.8 Å². The van der Waals surface area contributed by atoms with E-state index in [0.717, 1.165) is 37.2 Å². The molecule has 0 aromatic heterocycles. The third-order valence-corrected chi connectivity index (χ3v) is 6.12. The van der Waals surface area contributed by atoms with Gasteiger partial charge < -0.3 is 30.1 Å². The lowest BCUT2D eigenvalue weighted by Gasteiger charge is -2.40. The van der Waals surface area contributed by atoms with Crippen LogP contribution >= 0.6 is 0 Å². The molecule has 2 heterocycles. The number of benzene rings is 2. The minimum Gasteiger partial charge on any atom is -0.394 e. The number of rotatable bonds is 5. The van der Waals surface area contributed by atoms with Crippen LogP contribution in [0.3, 0.4) is 0 Å². The highest BCUT2D eigenvalue weighted by Crippen LogP contribution is 2.37. The lowest BCUT2D eigenvalue weighted by molar-refractivity contribution is -0.231. The Bertz CT molecular complexity index is 838. The van der Waals surface area contributed by atoms with E-state index in [4.69, 9.17) is 4.74 Å². The van der Waals surface area contributed by atoms with Crippen LogP contribution in [0.4, 0.5) is 5.69 Å². The van der Waals surface area contributed by atoms with E-state index in [9.17, 15) is 20.4 Å². The van der Waals surface area contributed by atoms with E-state index >= 15 is 0 Å². The van der Waals surface area contributed by atoms with Crippen LogP contribution in [0.15, 0.2) is 42.5 Å². The molecule has 5 atom stereocenters. The summed E-state index contributed by atoms with van der Waals surface area (Å²) in [5, 5.41) is 39.8. The summed E-state index contributed by atoms with van der Waals surface area (Å²) in [4.78, 5) is 2.34. The Labute approximate surface area is 171 Å². The molecule has 0 spiro atoms. The van der Waals surface area contributed by atoms with Crippen LogP contribution in [-0.4, -0.2) is 58.0 Å². The molecule has 2 aliphatic rings. The smallest absolute Gasteiger partial charge is 0.113 e. The predicted octanol–water partition coefficient (Wildman–Crippen LogP) is 1.33. The Morgan fingerprint density at radius 1 is 0.966 bits per heavy atom. The second-order valence-corrected chi connectivity index (χ2v) is 7.98. The Hall–Kier alpha value is -1.96.